The molecule has 0 heterocycles. The highest BCUT2D eigenvalue weighted by molar-refractivity contribution is 4.72. The molecule has 0 aliphatic carbocycles. The molecule has 3 nitrogen and oxygen atoms in total. The number of methoxy groups -OCH3 is 2. The molecule has 0 rings (SSSR count). The van der Waals surface area contributed by atoms with E-state index in [2.05, 4.69) is 0 Å². The second-order valence-electron chi connectivity index (χ2n) is 2.56. The Balaban J connectivity index is 3.69. The van der Waals surface area contributed by atoms with E-state index in [-0.39, 0.29) is 12.2 Å². The number of hydrogen-bond donors (Lipinski definition) is 1. The molecule has 1 N–H and O–H groups in total. The summed E-state index contributed by atoms with van der Waals surface area (Å²) in [7, 11) is 3.24. The van der Waals surface area contributed by atoms with Gasteiger partial charge in [0.1, 0.15) is 0 Å². The van der Waals surface area contributed by atoms with Crippen LogP contribution in [0.1, 0.15) is 13.3 Å². The summed E-state index contributed by atoms with van der Waals surface area (Å²) in [4.78, 5) is 0. The average Bonchev–Trinajstić information content (AvgIpc) is 1.89. The number of hydrogen-bond acceptors (Lipinski definition) is 3. The van der Waals surface area contributed by atoms with E-state index >= 15 is 0 Å². The van der Waals surface area contributed by atoms with Crippen molar-refractivity contribution in [3.63, 3.8) is 0 Å². The molecule has 0 aliphatic rings. The van der Waals surface area contributed by atoms with Gasteiger partial charge in [0.05, 0.1) is 12.2 Å². The first-order valence-corrected chi connectivity index (χ1v) is 3.33. The van der Waals surface area contributed by atoms with Gasteiger partial charge in [0.25, 0.3) is 0 Å². The molecule has 0 radical (unpaired) electrons. The Kier molecular flexibility index (Phi) is 4.60. The molecule has 0 saturated heterocycles. The third kappa shape index (κ3) is 3.15. The van der Waals surface area contributed by atoms with Gasteiger partial charge in [-0.25, -0.2) is 0 Å². The van der Waals surface area contributed by atoms with E-state index in [1.807, 2.05) is 6.92 Å². The lowest BCUT2D eigenvalue weighted by molar-refractivity contribution is -0.0634. The fourth-order valence-corrected chi connectivity index (χ4v) is 0.775. The molecule has 62 valence electrons. The first kappa shape index (κ1) is 9.88. The van der Waals surface area contributed by atoms with Crippen LogP contribution in [0.3, 0.4) is 0 Å². The number of aliphatic hydroxyl groups excluding tert-OH is 1. The number of aliphatic hydroxyl groups is 1. The van der Waals surface area contributed by atoms with Gasteiger partial charge in [-0.15, -0.1) is 0 Å². The highest BCUT2D eigenvalue weighted by Gasteiger charge is 2.22. The van der Waals surface area contributed by atoms with Crippen molar-refractivity contribution in [2.75, 3.05) is 27.4 Å². The number of ether oxygens (including phenoxy) is 2. The maximum Gasteiger partial charge on any atom is 0.0904 e. The normalized spacial score (nSPS) is 16.8. The largest absolute Gasteiger partial charge is 0.396 e. The molecule has 0 aromatic heterocycles. The van der Waals surface area contributed by atoms with E-state index < -0.39 is 0 Å². The molecule has 1 atom stereocenters. The van der Waals surface area contributed by atoms with Crippen molar-refractivity contribution < 1.29 is 14.6 Å². The van der Waals surface area contributed by atoms with Crippen molar-refractivity contribution in [2.24, 2.45) is 0 Å². The van der Waals surface area contributed by atoms with Crippen LogP contribution >= 0.6 is 0 Å². The van der Waals surface area contributed by atoms with Crippen molar-refractivity contribution in [2.45, 2.75) is 18.9 Å². The predicted octanol–water partition coefficient (Wildman–Crippen LogP) is 0.420. The zero-order valence-corrected chi connectivity index (χ0v) is 6.89. The summed E-state index contributed by atoms with van der Waals surface area (Å²) in [5.41, 5.74) is -0.330. The van der Waals surface area contributed by atoms with Gasteiger partial charge in [-0.3, -0.25) is 0 Å². The lowest BCUT2D eigenvalue weighted by Crippen LogP contribution is -2.33. The molecule has 0 aliphatic heterocycles. The lowest BCUT2D eigenvalue weighted by atomic mass is 10.0. The summed E-state index contributed by atoms with van der Waals surface area (Å²) in [6, 6.07) is 0. The van der Waals surface area contributed by atoms with Crippen LogP contribution in [-0.4, -0.2) is 38.1 Å². The Bertz CT molecular complexity index is 76.9. The third-order valence-corrected chi connectivity index (χ3v) is 1.58. The highest BCUT2D eigenvalue weighted by atomic mass is 16.5. The van der Waals surface area contributed by atoms with E-state index in [0.717, 1.165) is 0 Å². The molecule has 0 spiro atoms. The average molecular weight is 148 g/mol. The maximum atomic E-state index is 8.62. The van der Waals surface area contributed by atoms with Gasteiger partial charge in [0.2, 0.25) is 0 Å². The molecule has 0 aromatic carbocycles. The smallest absolute Gasteiger partial charge is 0.0904 e. The molecule has 0 aromatic rings. The van der Waals surface area contributed by atoms with Crippen LogP contribution in [0.15, 0.2) is 0 Å². The molecule has 10 heavy (non-hydrogen) atoms. The summed E-state index contributed by atoms with van der Waals surface area (Å²) >= 11 is 0. The molecular formula is C7H16O3. The van der Waals surface area contributed by atoms with Gasteiger partial charge in [-0.1, -0.05) is 0 Å². The van der Waals surface area contributed by atoms with Crippen LogP contribution in [0.4, 0.5) is 0 Å². The first-order valence-electron chi connectivity index (χ1n) is 3.33. The fraction of sp³-hybridized carbons (Fsp3) is 1.00. The van der Waals surface area contributed by atoms with Gasteiger partial charge in [0.15, 0.2) is 0 Å². The molecule has 3 heteroatoms. The molecule has 0 bridgehead atoms. The van der Waals surface area contributed by atoms with Crippen molar-refractivity contribution in [1.29, 1.82) is 0 Å². The molecule has 0 fully saturated rings. The Morgan fingerprint density at radius 2 is 2.00 bits per heavy atom. The van der Waals surface area contributed by atoms with Crippen LogP contribution in [0, 0.1) is 0 Å². The summed E-state index contributed by atoms with van der Waals surface area (Å²) in [5.74, 6) is 0. The lowest BCUT2D eigenvalue weighted by Gasteiger charge is -2.25. The van der Waals surface area contributed by atoms with Crippen LogP contribution in [0.5, 0.6) is 0 Å². The first-order chi connectivity index (χ1) is 4.68. The standard InChI is InChI=1S/C7H16O3/c1-7(10-3,4-5-8)6-9-2/h8H,4-6H2,1-3H3. The van der Waals surface area contributed by atoms with Crippen LogP contribution in [0.2, 0.25) is 0 Å². The fourth-order valence-electron chi connectivity index (χ4n) is 0.775. The van der Waals surface area contributed by atoms with Crippen molar-refractivity contribution in [3.8, 4) is 0 Å². The molecule has 0 saturated carbocycles. The van der Waals surface area contributed by atoms with E-state index in [1.165, 1.54) is 0 Å². The zero-order chi connectivity index (χ0) is 8.04. The second-order valence-corrected chi connectivity index (χ2v) is 2.56. The van der Waals surface area contributed by atoms with Crippen molar-refractivity contribution in [3.05, 3.63) is 0 Å². The van der Waals surface area contributed by atoms with Gasteiger partial charge in [0, 0.05) is 27.2 Å². The van der Waals surface area contributed by atoms with Gasteiger partial charge >= 0.3 is 0 Å². The Labute approximate surface area is 62.0 Å². The maximum absolute atomic E-state index is 8.62. The van der Waals surface area contributed by atoms with Crippen LogP contribution < -0.4 is 0 Å². The highest BCUT2D eigenvalue weighted by Crippen LogP contribution is 2.13. The number of rotatable bonds is 5. The topological polar surface area (TPSA) is 38.7 Å². The summed E-state index contributed by atoms with van der Waals surface area (Å²) in [5, 5.41) is 8.62. The van der Waals surface area contributed by atoms with Gasteiger partial charge in [-0.2, -0.15) is 0 Å². The Morgan fingerprint density at radius 3 is 2.30 bits per heavy atom. The van der Waals surface area contributed by atoms with E-state index in [0.29, 0.717) is 13.0 Å². The third-order valence-electron chi connectivity index (χ3n) is 1.58. The quantitative estimate of drug-likeness (QED) is 0.614. The van der Waals surface area contributed by atoms with Gasteiger partial charge in [-0.05, 0) is 6.92 Å². The SMILES string of the molecule is COCC(C)(CCO)OC. The minimum atomic E-state index is -0.330. The Morgan fingerprint density at radius 1 is 1.40 bits per heavy atom. The summed E-state index contributed by atoms with van der Waals surface area (Å²) in [6.45, 7) is 2.56. The van der Waals surface area contributed by atoms with E-state index in [1.54, 1.807) is 14.2 Å². The zero-order valence-electron chi connectivity index (χ0n) is 6.89. The van der Waals surface area contributed by atoms with Crippen molar-refractivity contribution >= 4 is 0 Å². The van der Waals surface area contributed by atoms with Crippen LogP contribution in [0.25, 0.3) is 0 Å². The minimum absolute atomic E-state index is 0.133. The van der Waals surface area contributed by atoms with Crippen LogP contribution in [-0.2, 0) is 9.47 Å². The van der Waals surface area contributed by atoms with E-state index in [4.69, 9.17) is 14.6 Å². The minimum Gasteiger partial charge on any atom is -0.396 e. The molecule has 1 unspecified atom stereocenters. The second kappa shape index (κ2) is 4.66. The summed E-state index contributed by atoms with van der Waals surface area (Å²) < 4.78 is 10.0. The predicted molar refractivity (Wildman–Crippen MR) is 39.0 cm³/mol. The summed E-state index contributed by atoms with van der Waals surface area (Å²) in [6.07, 6.45) is 0.608. The monoisotopic (exact) mass is 148 g/mol. The van der Waals surface area contributed by atoms with Crippen molar-refractivity contribution in [1.82, 2.24) is 0 Å². The Hall–Kier alpha value is -0.120. The van der Waals surface area contributed by atoms with E-state index in [9.17, 15) is 0 Å². The molecule has 0 amide bonds. The molecular weight excluding hydrogens is 132 g/mol. The van der Waals surface area contributed by atoms with Gasteiger partial charge < -0.3 is 14.6 Å².